The fraction of sp³-hybridized carbons (Fsp3) is 0.240. The fourth-order valence-electron chi connectivity index (χ4n) is 4.51. The lowest BCUT2D eigenvalue weighted by atomic mass is 9.84. The monoisotopic (exact) mass is 384 g/mol. The van der Waals surface area contributed by atoms with Crippen molar-refractivity contribution in [3.63, 3.8) is 0 Å². The topological polar surface area (TPSA) is 56.3 Å². The molecule has 146 valence electrons. The Morgan fingerprint density at radius 2 is 1.55 bits per heavy atom. The fourth-order valence-corrected chi connectivity index (χ4v) is 4.51. The Morgan fingerprint density at radius 3 is 2.31 bits per heavy atom. The summed E-state index contributed by atoms with van der Waals surface area (Å²) in [6, 6.07) is 24.0. The Balaban J connectivity index is 1.36. The van der Waals surface area contributed by atoms with Crippen molar-refractivity contribution < 1.29 is 5.11 Å². The van der Waals surface area contributed by atoms with Crippen LogP contribution in [0.2, 0.25) is 0 Å². The smallest absolute Gasteiger partial charge is 0.256 e. The lowest BCUT2D eigenvalue weighted by Gasteiger charge is -2.38. The number of rotatable bonds is 3. The van der Waals surface area contributed by atoms with Gasteiger partial charge in [0.2, 0.25) is 0 Å². The predicted octanol–water partition coefficient (Wildman–Crippen LogP) is 4.16. The maximum absolute atomic E-state index is 12.4. The van der Waals surface area contributed by atoms with Crippen molar-refractivity contribution in [3.8, 4) is 0 Å². The number of pyridine rings is 1. The largest absolute Gasteiger partial charge is 0.385 e. The number of nitrogens with one attached hydrogen (secondary N) is 1. The molecule has 0 amide bonds. The Morgan fingerprint density at radius 1 is 0.862 bits per heavy atom. The minimum Gasteiger partial charge on any atom is -0.385 e. The van der Waals surface area contributed by atoms with E-state index in [0.717, 1.165) is 59.7 Å². The zero-order valence-electron chi connectivity index (χ0n) is 16.3. The molecule has 0 bridgehead atoms. The van der Waals surface area contributed by atoms with Gasteiger partial charge in [0.15, 0.2) is 0 Å². The van der Waals surface area contributed by atoms with Gasteiger partial charge in [-0.25, -0.2) is 0 Å². The molecule has 1 aliphatic rings. The van der Waals surface area contributed by atoms with Gasteiger partial charge in [-0.3, -0.25) is 9.69 Å². The summed E-state index contributed by atoms with van der Waals surface area (Å²) in [7, 11) is 0. The quantitative estimate of drug-likeness (QED) is 0.522. The summed E-state index contributed by atoms with van der Waals surface area (Å²) >= 11 is 0. The van der Waals surface area contributed by atoms with Crippen LogP contribution >= 0.6 is 0 Å². The summed E-state index contributed by atoms with van der Waals surface area (Å²) in [6.07, 6.45) is 1.46. The number of hydrogen-bond acceptors (Lipinski definition) is 3. The van der Waals surface area contributed by atoms with Gasteiger partial charge >= 0.3 is 0 Å². The molecule has 2 N–H and O–H groups in total. The van der Waals surface area contributed by atoms with Crippen LogP contribution in [0.5, 0.6) is 0 Å². The van der Waals surface area contributed by atoms with Crippen LogP contribution in [0.15, 0.2) is 77.6 Å². The number of aromatic amines is 1. The number of H-pyrrole nitrogens is 1. The number of fused-ring (bicyclic) bond motifs is 3. The molecule has 5 rings (SSSR count). The second-order valence-electron chi connectivity index (χ2n) is 8.05. The van der Waals surface area contributed by atoms with Crippen LogP contribution in [-0.4, -0.2) is 28.1 Å². The molecule has 2 heterocycles. The third kappa shape index (κ3) is 3.35. The maximum Gasteiger partial charge on any atom is 0.256 e. The van der Waals surface area contributed by atoms with Crippen LogP contribution in [0.25, 0.3) is 21.7 Å². The minimum atomic E-state index is -0.731. The molecule has 1 fully saturated rings. The van der Waals surface area contributed by atoms with Crippen molar-refractivity contribution in [2.24, 2.45) is 0 Å². The second-order valence-corrected chi connectivity index (χ2v) is 8.05. The van der Waals surface area contributed by atoms with Crippen LogP contribution in [-0.2, 0) is 12.1 Å². The highest BCUT2D eigenvalue weighted by molar-refractivity contribution is 6.05. The summed E-state index contributed by atoms with van der Waals surface area (Å²) in [5.41, 5.74) is 2.29. The molecule has 1 saturated heterocycles. The van der Waals surface area contributed by atoms with E-state index in [1.165, 1.54) is 5.56 Å². The first-order valence-corrected chi connectivity index (χ1v) is 10.2. The lowest BCUT2D eigenvalue weighted by molar-refractivity contribution is -0.0277. The van der Waals surface area contributed by atoms with Gasteiger partial charge in [-0.1, -0.05) is 60.7 Å². The highest BCUT2D eigenvalue weighted by Crippen LogP contribution is 2.33. The van der Waals surface area contributed by atoms with Crippen molar-refractivity contribution >= 4 is 21.7 Å². The molecule has 0 saturated carbocycles. The highest BCUT2D eigenvalue weighted by atomic mass is 16.3. The number of benzene rings is 3. The van der Waals surface area contributed by atoms with E-state index in [9.17, 15) is 9.90 Å². The predicted molar refractivity (Wildman–Crippen MR) is 117 cm³/mol. The van der Waals surface area contributed by atoms with E-state index in [4.69, 9.17) is 0 Å². The van der Waals surface area contributed by atoms with Crippen molar-refractivity contribution in [1.29, 1.82) is 0 Å². The molecule has 3 aromatic carbocycles. The molecule has 0 aliphatic carbocycles. The van der Waals surface area contributed by atoms with Crippen LogP contribution in [0.4, 0.5) is 0 Å². The van der Waals surface area contributed by atoms with E-state index in [1.807, 2.05) is 54.6 Å². The van der Waals surface area contributed by atoms with Crippen LogP contribution in [0, 0.1) is 0 Å². The van der Waals surface area contributed by atoms with Crippen LogP contribution in [0.3, 0.4) is 0 Å². The van der Waals surface area contributed by atoms with Gasteiger partial charge in [0, 0.05) is 35.9 Å². The summed E-state index contributed by atoms with van der Waals surface area (Å²) in [6.45, 7) is 2.50. The SMILES string of the molecule is O=c1[nH]c2cc(CN3CCC(O)(c4ccccc4)CC3)ccc2c2ccccc12. The molecule has 0 unspecified atom stereocenters. The van der Waals surface area contributed by atoms with E-state index < -0.39 is 5.60 Å². The molecule has 1 aliphatic heterocycles. The maximum atomic E-state index is 12.4. The third-order valence-corrected chi connectivity index (χ3v) is 6.19. The van der Waals surface area contributed by atoms with E-state index >= 15 is 0 Å². The second kappa shape index (κ2) is 7.14. The van der Waals surface area contributed by atoms with Crippen molar-refractivity contribution in [1.82, 2.24) is 9.88 Å². The van der Waals surface area contributed by atoms with Gasteiger partial charge in [-0.05, 0) is 41.5 Å². The van der Waals surface area contributed by atoms with Crippen LogP contribution in [0.1, 0.15) is 24.0 Å². The van der Waals surface area contributed by atoms with Gasteiger partial charge in [-0.15, -0.1) is 0 Å². The van der Waals surface area contributed by atoms with E-state index in [1.54, 1.807) is 0 Å². The first kappa shape index (κ1) is 18.1. The molecule has 29 heavy (non-hydrogen) atoms. The lowest BCUT2D eigenvalue weighted by Crippen LogP contribution is -2.42. The Labute approximate surface area is 169 Å². The minimum absolute atomic E-state index is 0.0452. The number of hydrogen-bond donors (Lipinski definition) is 2. The zero-order chi connectivity index (χ0) is 19.8. The van der Waals surface area contributed by atoms with Gasteiger partial charge in [0.1, 0.15) is 0 Å². The van der Waals surface area contributed by atoms with E-state index in [2.05, 4.69) is 28.1 Å². The number of nitrogens with zero attached hydrogens (tertiary/aromatic N) is 1. The summed E-state index contributed by atoms with van der Waals surface area (Å²) < 4.78 is 0. The first-order valence-electron chi connectivity index (χ1n) is 10.2. The molecule has 1 aromatic heterocycles. The average Bonchev–Trinajstić information content (AvgIpc) is 2.76. The van der Waals surface area contributed by atoms with Crippen molar-refractivity contribution in [2.75, 3.05) is 13.1 Å². The highest BCUT2D eigenvalue weighted by Gasteiger charge is 2.33. The average molecular weight is 384 g/mol. The van der Waals surface area contributed by atoms with E-state index in [0.29, 0.717) is 0 Å². The normalized spacial score (nSPS) is 17.0. The Hall–Kier alpha value is -2.95. The summed E-state index contributed by atoms with van der Waals surface area (Å²) in [5, 5.41) is 13.8. The zero-order valence-corrected chi connectivity index (χ0v) is 16.3. The standard InChI is InChI=1S/C25H24N2O2/c28-24-22-9-5-4-8-20(22)21-11-10-18(16-23(21)26-24)17-27-14-12-25(29,13-15-27)19-6-2-1-3-7-19/h1-11,16,29H,12-15,17H2,(H,26,28). The molecule has 0 atom stereocenters. The van der Waals surface area contributed by atoms with Gasteiger partial charge < -0.3 is 10.1 Å². The summed E-state index contributed by atoms with van der Waals surface area (Å²) in [5.74, 6) is 0. The Kier molecular flexibility index (Phi) is 4.46. The van der Waals surface area contributed by atoms with E-state index in [-0.39, 0.29) is 5.56 Å². The van der Waals surface area contributed by atoms with Gasteiger partial charge in [-0.2, -0.15) is 0 Å². The van der Waals surface area contributed by atoms with Crippen molar-refractivity contribution in [2.45, 2.75) is 25.0 Å². The molecular formula is C25H24N2O2. The van der Waals surface area contributed by atoms with Gasteiger partial charge in [0.25, 0.3) is 5.56 Å². The van der Waals surface area contributed by atoms with Crippen LogP contribution < -0.4 is 5.56 Å². The molecule has 4 aromatic rings. The van der Waals surface area contributed by atoms with Gasteiger partial charge in [0.05, 0.1) is 5.60 Å². The number of aliphatic hydroxyl groups is 1. The third-order valence-electron chi connectivity index (χ3n) is 6.19. The molecular weight excluding hydrogens is 360 g/mol. The molecule has 0 spiro atoms. The summed E-state index contributed by atoms with van der Waals surface area (Å²) in [4.78, 5) is 17.8. The molecule has 0 radical (unpaired) electrons. The number of aromatic nitrogens is 1. The Bertz CT molecular complexity index is 1220. The molecule has 4 heteroatoms. The van der Waals surface area contributed by atoms with Crippen molar-refractivity contribution in [3.05, 3.63) is 94.3 Å². The first-order chi connectivity index (χ1) is 14.1. The number of piperidine rings is 1. The molecule has 4 nitrogen and oxygen atoms in total. The number of likely N-dealkylation sites (tertiary alicyclic amines) is 1.